The first kappa shape index (κ1) is 14.3. The normalized spacial score (nSPS) is 19.0. The van der Waals surface area contributed by atoms with Crippen LogP contribution in [0.5, 0.6) is 0 Å². The second kappa shape index (κ2) is 5.99. The molecule has 0 bridgehead atoms. The molecule has 0 aliphatic carbocycles. The molecule has 0 spiro atoms. The molecule has 1 saturated heterocycles. The summed E-state index contributed by atoms with van der Waals surface area (Å²) in [4.78, 5) is 20.7. The number of amides is 1. The highest BCUT2D eigenvalue weighted by Gasteiger charge is 2.31. The van der Waals surface area contributed by atoms with E-state index in [0.717, 1.165) is 42.4 Å². The monoisotopic (exact) mass is 305 g/mol. The molecule has 0 N–H and O–H groups in total. The molecule has 0 aromatic carbocycles. The zero-order valence-corrected chi connectivity index (χ0v) is 13.1. The van der Waals surface area contributed by atoms with Crippen LogP contribution in [-0.4, -0.2) is 47.4 Å². The first-order chi connectivity index (χ1) is 10.1. The third kappa shape index (κ3) is 3.01. The fraction of sp³-hybridized carbons (Fsp3) is 0.467. The third-order valence-corrected chi connectivity index (χ3v) is 4.64. The molecular formula is C15H19N3O2S. The van der Waals surface area contributed by atoms with E-state index in [9.17, 15) is 4.79 Å². The van der Waals surface area contributed by atoms with Gasteiger partial charge >= 0.3 is 0 Å². The van der Waals surface area contributed by atoms with Crippen LogP contribution in [0.15, 0.2) is 28.2 Å². The van der Waals surface area contributed by atoms with Crippen molar-refractivity contribution in [2.24, 2.45) is 0 Å². The van der Waals surface area contributed by atoms with Gasteiger partial charge in [0.25, 0.3) is 0 Å². The summed E-state index contributed by atoms with van der Waals surface area (Å²) in [6.45, 7) is 1.68. The molecule has 3 heterocycles. The van der Waals surface area contributed by atoms with E-state index in [1.165, 1.54) is 0 Å². The van der Waals surface area contributed by atoms with Crippen molar-refractivity contribution in [1.82, 2.24) is 14.8 Å². The van der Waals surface area contributed by atoms with Gasteiger partial charge in [-0.1, -0.05) is 0 Å². The molecule has 112 valence electrons. The van der Waals surface area contributed by atoms with E-state index < -0.39 is 0 Å². The summed E-state index contributed by atoms with van der Waals surface area (Å²) in [6.07, 6.45) is 3.66. The largest absolute Gasteiger partial charge is 0.462 e. The maximum atomic E-state index is 12.2. The number of thiazole rings is 1. The summed E-state index contributed by atoms with van der Waals surface area (Å²) < 4.78 is 5.37. The Morgan fingerprint density at radius 2 is 2.43 bits per heavy atom. The second-order valence-corrected chi connectivity index (χ2v) is 6.34. The Labute approximate surface area is 128 Å². The number of hydrogen-bond acceptors (Lipinski definition) is 5. The highest BCUT2D eigenvalue weighted by Crippen LogP contribution is 2.26. The molecule has 0 unspecified atom stereocenters. The van der Waals surface area contributed by atoms with Gasteiger partial charge in [-0.3, -0.25) is 9.69 Å². The van der Waals surface area contributed by atoms with Crippen molar-refractivity contribution in [2.45, 2.75) is 25.4 Å². The number of likely N-dealkylation sites (tertiary alicyclic amines) is 1. The number of nitrogens with zero attached hydrogens (tertiary/aromatic N) is 3. The summed E-state index contributed by atoms with van der Waals surface area (Å²) in [5, 5.41) is 2.94. The Balaban J connectivity index is 1.70. The number of carbonyl (C=O) groups is 1. The molecule has 0 radical (unpaired) electrons. The molecule has 2 aromatic heterocycles. The van der Waals surface area contributed by atoms with Gasteiger partial charge in [-0.15, -0.1) is 11.3 Å². The van der Waals surface area contributed by atoms with Gasteiger partial charge < -0.3 is 9.32 Å². The average Bonchev–Trinajstić information content (AvgIpc) is 3.19. The van der Waals surface area contributed by atoms with E-state index in [0.29, 0.717) is 0 Å². The van der Waals surface area contributed by atoms with Crippen LogP contribution in [0.3, 0.4) is 0 Å². The predicted molar refractivity (Wildman–Crippen MR) is 81.9 cm³/mol. The molecular weight excluding hydrogens is 286 g/mol. The summed E-state index contributed by atoms with van der Waals surface area (Å²) in [5.41, 5.74) is 1.00. The lowest BCUT2D eigenvalue weighted by molar-refractivity contribution is -0.133. The van der Waals surface area contributed by atoms with Gasteiger partial charge in [0, 0.05) is 26.0 Å². The highest BCUT2D eigenvalue weighted by molar-refractivity contribution is 7.13. The zero-order chi connectivity index (χ0) is 14.8. The van der Waals surface area contributed by atoms with Crippen LogP contribution in [-0.2, 0) is 11.3 Å². The standard InChI is InChI=1S/C15H19N3O2S/c1-17(2)15(19)12-5-3-7-18(12)9-11-10-21-14(16-11)13-6-4-8-20-13/h4,6,8,10,12H,3,5,7,9H2,1-2H3/t12-/m1/s1. The van der Waals surface area contributed by atoms with Crippen LogP contribution in [0.25, 0.3) is 10.8 Å². The number of rotatable bonds is 4. The van der Waals surface area contributed by atoms with E-state index >= 15 is 0 Å². The molecule has 5 nitrogen and oxygen atoms in total. The number of furan rings is 1. The van der Waals surface area contributed by atoms with Gasteiger partial charge in [0.1, 0.15) is 0 Å². The molecule has 6 heteroatoms. The summed E-state index contributed by atoms with van der Waals surface area (Å²) >= 11 is 1.58. The first-order valence-corrected chi connectivity index (χ1v) is 7.96. The number of likely N-dealkylation sites (N-methyl/N-ethyl adjacent to an activating group) is 1. The number of aromatic nitrogens is 1. The molecule has 0 saturated carbocycles. The predicted octanol–water partition coefficient (Wildman–Crippen LogP) is 2.46. The minimum atomic E-state index is -0.00578. The van der Waals surface area contributed by atoms with E-state index in [-0.39, 0.29) is 11.9 Å². The summed E-state index contributed by atoms with van der Waals surface area (Å²) in [7, 11) is 3.63. The number of hydrogen-bond donors (Lipinski definition) is 0. The number of carbonyl (C=O) groups excluding carboxylic acids is 1. The maximum absolute atomic E-state index is 12.2. The molecule has 1 fully saturated rings. The van der Waals surface area contributed by atoms with E-state index in [1.54, 1.807) is 22.5 Å². The van der Waals surface area contributed by atoms with Crippen molar-refractivity contribution in [3.8, 4) is 10.8 Å². The molecule has 1 aliphatic heterocycles. The van der Waals surface area contributed by atoms with Crippen molar-refractivity contribution in [2.75, 3.05) is 20.6 Å². The van der Waals surface area contributed by atoms with Crippen molar-refractivity contribution in [3.05, 3.63) is 29.5 Å². The molecule has 2 aromatic rings. The fourth-order valence-corrected chi connectivity index (χ4v) is 3.47. The SMILES string of the molecule is CN(C)C(=O)[C@H]1CCCN1Cc1csc(-c2ccco2)n1. The van der Waals surface area contributed by atoms with Crippen LogP contribution < -0.4 is 0 Å². The Bertz CT molecular complexity index is 606. The van der Waals surface area contributed by atoms with Gasteiger partial charge in [0.2, 0.25) is 5.91 Å². The topological polar surface area (TPSA) is 49.6 Å². The highest BCUT2D eigenvalue weighted by atomic mass is 32.1. The van der Waals surface area contributed by atoms with Crippen LogP contribution in [0.4, 0.5) is 0 Å². The average molecular weight is 305 g/mol. The first-order valence-electron chi connectivity index (χ1n) is 7.08. The third-order valence-electron chi connectivity index (χ3n) is 3.74. The Morgan fingerprint density at radius 3 is 3.14 bits per heavy atom. The van der Waals surface area contributed by atoms with Gasteiger partial charge in [0.15, 0.2) is 10.8 Å². The molecule has 1 atom stereocenters. The van der Waals surface area contributed by atoms with Crippen LogP contribution in [0, 0.1) is 0 Å². The Kier molecular flexibility index (Phi) is 4.07. The molecule has 3 rings (SSSR count). The maximum Gasteiger partial charge on any atom is 0.239 e. The van der Waals surface area contributed by atoms with Gasteiger partial charge in [-0.05, 0) is 31.5 Å². The van der Waals surface area contributed by atoms with E-state index in [2.05, 4.69) is 9.88 Å². The summed E-state index contributed by atoms with van der Waals surface area (Å²) in [5.74, 6) is 0.988. The van der Waals surface area contributed by atoms with Crippen molar-refractivity contribution < 1.29 is 9.21 Å². The molecule has 21 heavy (non-hydrogen) atoms. The lowest BCUT2D eigenvalue weighted by Crippen LogP contribution is -2.42. The second-order valence-electron chi connectivity index (χ2n) is 5.48. The van der Waals surface area contributed by atoms with E-state index in [1.807, 2.05) is 31.6 Å². The van der Waals surface area contributed by atoms with Crippen LogP contribution >= 0.6 is 11.3 Å². The van der Waals surface area contributed by atoms with Crippen molar-refractivity contribution in [3.63, 3.8) is 0 Å². The quantitative estimate of drug-likeness (QED) is 0.870. The van der Waals surface area contributed by atoms with Gasteiger partial charge in [-0.25, -0.2) is 4.98 Å². The lowest BCUT2D eigenvalue weighted by Gasteiger charge is -2.25. The van der Waals surface area contributed by atoms with Gasteiger partial charge in [-0.2, -0.15) is 0 Å². The smallest absolute Gasteiger partial charge is 0.239 e. The van der Waals surface area contributed by atoms with Crippen molar-refractivity contribution in [1.29, 1.82) is 0 Å². The minimum absolute atomic E-state index is 0.00578. The van der Waals surface area contributed by atoms with Gasteiger partial charge in [0.05, 0.1) is 18.0 Å². The fourth-order valence-electron chi connectivity index (χ4n) is 2.69. The molecule has 1 aliphatic rings. The zero-order valence-electron chi connectivity index (χ0n) is 12.3. The van der Waals surface area contributed by atoms with E-state index in [4.69, 9.17) is 4.42 Å². The Hall–Kier alpha value is -1.66. The van der Waals surface area contributed by atoms with Crippen LogP contribution in [0.2, 0.25) is 0 Å². The van der Waals surface area contributed by atoms with Crippen molar-refractivity contribution >= 4 is 17.2 Å². The summed E-state index contributed by atoms with van der Waals surface area (Å²) in [6, 6.07) is 3.77. The Morgan fingerprint density at radius 1 is 1.57 bits per heavy atom. The molecule has 1 amide bonds. The minimum Gasteiger partial charge on any atom is -0.462 e. The van der Waals surface area contributed by atoms with Crippen LogP contribution in [0.1, 0.15) is 18.5 Å². The lowest BCUT2D eigenvalue weighted by atomic mass is 10.2.